The largest absolute Gasteiger partial charge is 0.416 e. The van der Waals surface area contributed by atoms with Gasteiger partial charge in [0.15, 0.2) is 0 Å². The van der Waals surface area contributed by atoms with Gasteiger partial charge in [0.1, 0.15) is 0 Å². The van der Waals surface area contributed by atoms with E-state index in [1.807, 2.05) is 17.7 Å². The van der Waals surface area contributed by atoms with E-state index in [0.717, 1.165) is 36.4 Å². The van der Waals surface area contributed by atoms with E-state index in [2.05, 4.69) is 5.10 Å². The summed E-state index contributed by atoms with van der Waals surface area (Å²) in [6, 6.07) is 6.70. The van der Waals surface area contributed by atoms with Crippen molar-refractivity contribution in [2.75, 3.05) is 0 Å². The molecule has 0 spiro atoms. The Balaban J connectivity index is 2.09. The third-order valence-electron chi connectivity index (χ3n) is 3.30. The predicted molar refractivity (Wildman–Crippen MR) is 74.6 cm³/mol. The maximum absolute atomic E-state index is 12.5. The molecule has 0 aliphatic carbocycles. The molecular weight excluding hydrogens is 279 g/mol. The zero-order valence-corrected chi connectivity index (χ0v) is 11.8. The molecule has 1 atom stereocenters. The Morgan fingerprint density at radius 1 is 1.19 bits per heavy atom. The second-order valence-electron chi connectivity index (χ2n) is 4.98. The summed E-state index contributed by atoms with van der Waals surface area (Å²) in [4.78, 5) is 0. The topological polar surface area (TPSA) is 43.8 Å². The van der Waals surface area contributed by atoms with Crippen molar-refractivity contribution in [2.24, 2.45) is 5.73 Å². The van der Waals surface area contributed by atoms with Gasteiger partial charge in [0.25, 0.3) is 0 Å². The number of hydrogen-bond acceptors (Lipinski definition) is 2. The van der Waals surface area contributed by atoms with Crippen molar-refractivity contribution in [3.63, 3.8) is 0 Å². The number of nitrogens with two attached hydrogens (primary N) is 1. The van der Waals surface area contributed by atoms with Gasteiger partial charge in [-0.15, -0.1) is 0 Å². The van der Waals surface area contributed by atoms with Crippen LogP contribution in [0.5, 0.6) is 0 Å². The van der Waals surface area contributed by atoms with Crippen molar-refractivity contribution in [1.82, 2.24) is 9.78 Å². The molecule has 0 fully saturated rings. The average Bonchev–Trinajstić information content (AvgIpc) is 2.87. The maximum atomic E-state index is 12.5. The van der Waals surface area contributed by atoms with Gasteiger partial charge < -0.3 is 5.73 Å². The number of alkyl halides is 3. The van der Waals surface area contributed by atoms with Gasteiger partial charge >= 0.3 is 6.18 Å². The molecule has 0 aliphatic heterocycles. The third-order valence-corrected chi connectivity index (χ3v) is 3.30. The second-order valence-corrected chi connectivity index (χ2v) is 4.98. The van der Waals surface area contributed by atoms with Crippen LogP contribution in [-0.2, 0) is 19.1 Å². The molecule has 1 unspecified atom stereocenters. The summed E-state index contributed by atoms with van der Waals surface area (Å²) >= 11 is 0. The van der Waals surface area contributed by atoms with Crippen LogP contribution in [0, 0.1) is 0 Å². The van der Waals surface area contributed by atoms with E-state index < -0.39 is 11.7 Å². The lowest BCUT2D eigenvalue weighted by Crippen LogP contribution is -2.18. The molecule has 114 valence electrons. The molecule has 0 saturated carbocycles. The zero-order chi connectivity index (χ0) is 15.5. The molecule has 0 aliphatic rings. The van der Waals surface area contributed by atoms with Crippen LogP contribution in [0.2, 0.25) is 0 Å². The first-order chi connectivity index (χ1) is 9.91. The van der Waals surface area contributed by atoms with E-state index in [1.165, 1.54) is 12.1 Å². The van der Waals surface area contributed by atoms with Crippen LogP contribution in [0.15, 0.2) is 36.5 Å². The van der Waals surface area contributed by atoms with Gasteiger partial charge in [0, 0.05) is 12.7 Å². The molecular formula is C15H18F3N3. The van der Waals surface area contributed by atoms with E-state index >= 15 is 0 Å². The summed E-state index contributed by atoms with van der Waals surface area (Å²) in [5, 5.41) is 4.20. The predicted octanol–water partition coefficient (Wildman–Crippen LogP) is 3.55. The zero-order valence-electron chi connectivity index (χ0n) is 11.8. The molecule has 0 amide bonds. The second kappa shape index (κ2) is 6.30. The molecule has 6 heteroatoms. The fraction of sp³-hybridized carbons (Fsp3) is 0.400. The minimum atomic E-state index is -4.31. The summed E-state index contributed by atoms with van der Waals surface area (Å²) in [5.74, 6) is 0. The fourth-order valence-corrected chi connectivity index (χ4v) is 2.24. The quantitative estimate of drug-likeness (QED) is 0.917. The van der Waals surface area contributed by atoms with Crippen LogP contribution in [0.1, 0.15) is 36.2 Å². The highest BCUT2D eigenvalue weighted by atomic mass is 19.4. The van der Waals surface area contributed by atoms with Crippen molar-refractivity contribution in [1.29, 1.82) is 0 Å². The van der Waals surface area contributed by atoms with Gasteiger partial charge in [-0.05, 0) is 36.6 Å². The molecule has 1 aromatic heterocycles. The Morgan fingerprint density at radius 2 is 1.86 bits per heavy atom. The van der Waals surface area contributed by atoms with Crippen molar-refractivity contribution < 1.29 is 13.2 Å². The SMILES string of the molecule is CCCn1nccc1C(N)Cc1ccc(C(F)(F)F)cc1. The lowest BCUT2D eigenvalue weighted by atomic mass is 10.0. The molecule has 1 aromatic carbocycles. The molecule has 3 nitrogen and oxygen atoms in total. The van der Waals surface area contributed by atoms with Crippen LogP contribution in [0.4, 0.5) is 13.2 Å². The summed E-state index contributed by atoms with van der Waals surface area (Å²) in [6.07, 6.45) is -1.19. The minimum Gasteiger partial charge on any atom is -0.322 e. The minimum absolute atomic E-state index is 0.282. The van der Waals surface area contributed by atoms with E-state index in [-0.39, 0.29) is 6.04 Å². The van der Waals surface area contributed by atoms with E-state index in [0.29, 0.717) is 6.42 Å². The third kappa shape index (κ3) is 3.85. The smallest absolute Gasteiger partial charge is 0.322 e. The molecule has 0 saturated heterocycles. The Morgan fingerprint density at radius 3 is 2.43 bits per heavy atom. The Kier molecular flexibility index (Phi) is 4.67. The van der Waals surface area contributed by atoms with Crippen LogP contribution >= 0.6 is 0 Å². The maximum Gasteiger partial charge on any atom is 0.416 e. The number of benzene rings is 1. The highest BCUT2D eigenvalue weighted by molar-refractivity contribution is 5.26. The van der Waals surface area contributed by atoms with Crippen molar-refractivity contribution in [2.45, 2.75) is 38.5 Å². The standard InChI is InChI=1S/C15H18F3N3/c1-2-9-21-14(7-8-20-21)13(19)10-11-3-5-12(6-4-11)15(16,17)18/h3-8,13H,2,9-10,19H2,1H3. The average molecular weight is 297 g/mol. The van der Waals surface area contributed by atoms with Gasteiger partial charge in [0.05, 0.1) is 17.3 Å². The first kappa shape index (κ1) is 15.6. The number of nitrogens with zero attached hydrogens (tertiary/aromatic N) is 2. The van der Waals surface area contributed by atoms with E-state index in [9.17, 15) is 13.2 Å². The normalized spacial score (nSPS) is 13.4. The number of rotatable bonds is 5. The summed E-state index contributed by atoms with van der Waals surface area (Å²) in [7, 11) is 0. The molecule has 2 rings (SSSR count). The molecule has 0 bridgehead atoms. The van der Waals surface area contributed by atoms with Gasteiger partial charge in [0.2, 0.25) is 0 Å². The fourth-order valence-electron chi connectivity index (χ4n) is 2.24. The summed E-state index contributed by atoms with van der Waals surface area (Å²) in [5.41, 5.74) is 7.18. The van der Waals surface area contributed by atoms with Crippen LogP contribution in [0.3, 0.4) is 0 Å². The van der Waals surface area contributed by atoms with Crippen molar-refractivity contribution in [3.8, 4) is 0 Å². The Labute approximate surface area is 121 Å². The van der Waals surface area contributed by atoms with Crippen LogP contribution in [-0.4, -0.2) is 9.78 Å². The number of halogens is 3. The first-order valence-electron chi connectivity index (χ1n) is 6.85. The Bertz CT molecular complexity index is 573. The summed E-state index contributed by atoms with van der Waals surface area (Å²) in [6.45, 7) is 2.83. The van der Waals surface area contributed by atoms with Crippen molar-refractivity contribution >= 4 is 0 Å². The Hall–Kier alpha value is -1.82. The highest BCUT2D eigenvalue weighted by Gasteiger charge is 2.30. The lowest BCUT2D eigenvalue weighted by molar-refractivity contribution is -0.137. The van der Waals surface area contributed by atoms with Crippen LogP contribution < -0.4 is 5.73 Å². The molecule has 2 aromatic rings. The van der Waals surface area contributed by atoms with E-state index in [1.54, 1.807) is 6.20 Å². The van der Waals surface area contributed by atoms with Gasteiger partial charge in [-0.3, -0.25) is 4.68 Å². The molecule has 2 N–H and O–H groups in total. The van der Waals surface area contributed by atoms with E-state index in [4.69, 9.17) is 5.73 Å². The highest BCUT2D eigenvalue weighted by Crippen LogP contribution is 2.29. The molecule has 21 heavy (non-hydrogen) atoms. The van der Waals surface area contributed by atoms with Crippen molar-refractivity contribution in [3.05, 3.63) is 53.3 Å². The number of hydrogen-bond donors (Lipinski definition) is 1. The number of aromatic nitrogens is 2. The van der Waals surface area contributed by atoms with Gasteiger partial charge in [-0.25, -0.2) is 0 Å². The van der Waals surface area contributed by atoms with Gasteiger partial charge in [-0.2, -0.15) is 18.3 Å². The lowest BCUT2D eigenvalue weighted by Gasteiger charge is -2.14. The summed E-state index contributed by atoms with van der Waals surface area (Å²) < 4.78 is 39.4. The first-order valence-corrected chi connectivity index (χ1v) is 6.85. The van der Waals surface area contributed by atoms with Crippen LogP contribution in [0.25, 0.3) is 0 Å². The molecule has 1 heterocycles. The monoisotopic (exact) mass is 297 g/mol. The molecule has 0 radical (unpaired) electrons. The van der Waals surface area contributed by atoms with Gasteiger partial charge in [-0.1, -0.05) is 19.1 Å². The number of aryl methyl sites for hydroxylation is 1.